The molecule has 0 aliphatic heterocycles. The Hall–Kier alpha value is -0.930. The van der Waals surface area contributed by atoms with E-state index in [1.807, 2.05) is 6.07 Å². The zero-order chi connectivity index (χ0) is 9.97. The van der Waals surface area contributed by atoms with E-state index in [9.17, 15) is 0 Å². The average Bonchev–Trinajstić information content (AvgIpc) is 2.65. The van der Waals surface area contributed by atoms with Crippen LogP contribution in [0, 0.1) is 6.92 Å². The van der Waals surface area contributed by atoms with E-state index in [4.69, 9.17) is 11.6 Å². The number of thiophene rings is 1. The standard InChI is InChI=1S/C10H9ClN2S/c1-7-5-14-6-9(7)10-12-3-2-8(4-11)13-10/h2-3,5-6H,4H2,1H3. The summed E-state index contributed by atoms with van der Waals surface area (Å²) in [4.78, 5) is 8.59. The number of halogens is 1. The summed E-state index contributed by atoms with van der Waals surface area (Å²) in [5.74, 6) is 1.19. The summed E-state index contributed by atoms with van der Waals surface area (Å²) in [6, 6.07) is 1.83. The maximum Gasteiger partial charge on any atom is 0.160 e. The van der Waals surface area contributed by atoms with Crippen LogP contribution < -0.4 is 0 Å². The highest BCUT2D eigenvalue weighted by atomic mass is 35.5. The molecular weight excluding hydrogens is 216 g/mol. The molecule has 72 valence electrons. The Balaban J connectivity index is 2.47. The first kappa shape index (κ1) is 9.62. The highest BCUT2D eigenvalue weighted by Gasteiger charge is 2.05. The summed E-state index contributed by atoms with van der Waals surface area (Å²) in [6.45, 7) is 2.06. The van der Waals surface area contributed by atoms with Crippen molar-refractivity contribution in [3.63, 3.8) is 0 Å². The predicted octanol–water partition coefficient (Wildman–Crippen LogP) is 3.25. The van der Waals surface area contributed by atoms with E-state index in [0.29, 0.717) is 5.88 Å². The van der Waals surface area contributed by atoms with Gasteiger partial charge in [0.1, 0.15) is 0 Å². The summed E-state index contributed by atoms with van der Waals surface area (Å²) in [5.41, 5.74) is 3.17. The normalized spacial score (nSPS) is 10.4. The molecule has 0 N–H and O–H groups in total. The fourth-order valence-electron chi connectivity index (χ4n) is 1.19. The summed E-state index contributed by atoms with van der Waals surface area (Å²) in [7, 11) is 0. The molecule has 0 radical (unpaired) electrons. The van der Waals surface area contributed by atoms with E-state index in [2.05, 4.69) is 27.7 Å². The molecular formula is C10H9ClN2S. The smallest absolute Gasteiger partial charge is 0.160 e. The van der Waals surface area contributed by atoms with Crippen molar-refractivity contribution >= 4 is 22.9 Å². The van der Waals surface area contributed by atoms with Crippen LogP contribution in [0.2, 0.25) is 0 Å². The second-order valence-corrected chi connectivity index (χ2v) is 3.98. The van der Waals surface area contributed by atoms with Crippen molar-refractivity contribution in [1.82, 2.24) is 9.97 Å². The quantitative estimate of drug-likeness (QED) is 0.732. The van der Waals surface area contributed by atoms with Crippen LogP contribution in [0.25, 0.3) is 11.4 Å². The third-order valence-electron chi connectivity index (χ3n) is 1.95. The zero-order valence-electron chi connectivity index (χ0n) is 7.70. The molecule has 0 spiro atoms. The molecule has 2 heterocycles. The molecule has 2 aromatic rings. The lowest BCUT2D eigenvalue weighted by Crippen LogP contribution is -1.92. The monoisotopic (exact) mass is 224 g/mol. The molecule has 0 amide bonds. The lowest BCUT2D eigenvalue weighted by Gasteiger charge is -2.00. The van der Waals surface area contributed by atoms with Gasteiger partial charge in [-0.25, -0.2) is 9.97 Å². The second kappa shape index (κ2) is 4.07. The number of aryl methyl sites for hydroxylation is 1. The summed E-state index contributed by atoms with van der Waals surface area (Å²) in [5, 5.41) is 4.15. The molecule has 2 rings (SSSR count). The fourth-order valence-corrected chi connectivity index (χ4v) is 2.17. The van der Waals surface area contributed by atoms with Crippen LogP contribution in [-0.2, 0) is 5.88 Å². The number of hydrogen-bond acceptors (Lipinski definition) is 3. The van der Waals surface area contributed by atoms with Gasteiger partial charge in [-0.05, 0) is 23.9 Å². The fraction of sp³-hybridized carbons (Fsp3) is 0.200. The minimum Gasteiger partial charge on any atom is -0.237 e. The first-order valence-electron chi connectivity index (χ1n) is 4.22. The van der Waals surface area contributed by atoms with Crippen molar-refractivity contribution in [2.45, 2.75) is 12.8 Å². The van der Waals surface area contributed by atoms with Gasteiger partial charge in [-0.2, -0.15) is 11.3 Å². The van der Waals surface area contributed by atoms with Gasteiger partial charge in [0, 0.05) is 17.1 Å². The van der Waals surface area contributed by atoms with Gasteiger partial charge in [0.05, 0.1) is 11.6 Å². The minimum absolute atomic E-state index is 0.429. The van der Waals surface area contributed by atoms with E-state index < -0.39 is 0 Å². The first-order chi connectivity index (χ1) is 6.81. The second-order valence-electron chi connectivity index (χ2n) is 2.97. The molecule has 2 nitrogen and oxygen atoms in total. The van der Waals surface area contributed by atoms with Crippen molar-refractivity contribution in [2.75, 3.05) is 0 Å². The molecule has 0 aliphatic rings. The van der Waals surface area contributed by atoms with Gasteiger partial charge in [0.25, 0.3) is 0 Å². The molecule has 0 atom stereocenters. The van der Waals surface area contributed by atoms with E-state index in [0.717, 1.165) is 17.1 Å². The van der Waals surface area contributed by atoms with Gasteiger partial charge in [0.15, 0.2) is 5.82 Å². The van der Waals surface area contributed by atoms with Gasteiger partial charge >= 0.3 is 0 Å². The molecule has 2 aromatic heterocycles. The van der Waals surface area contributed by atoms with E-state index >= 15 is 0 Å². The molecule has 0 bridgehead atoms. The van der Waals surface area contributed by atoms with Crippen LogP contribution in [0.5, 0.6) is 0 Å². The third-order valence-corrected chi connectivity index (χ3v) is 3.08. The van der Waals surface area contributed by atoms with Gasteiger partial charge in [-0.1, -0.05) is 0 Å². The lowest BCUT2D eigenvalue weighted by molar-refractivity contribution is 1.09. The molecule has 0 fully saturated rings. The van der Waals surface area contributed by atoms with Crippen LogP contribution >= 0.6 is 22.9 Å². The zero-order valence-corrected chi connectivity index (χ0v) is 9.27. The number of aromatic nitrogens is 2. The minimum atomic E-state index is 0.429. The van der Waals surface area contributed by atoms with Crippen LogP contribution in [0.3, 0.4) is 0 Å². The van der Waals surface area contributed by atoms with Crippen LogP contribution in [0.4, 0.5) is 0 Å². The molecule has 0 unspecified atom stereocenters. The van der Waals surface area contributed by atoms with Crippen molar-refractivity contribution in [3.8, 4) is 11.4 Å². The Morgan fingerprint density at radius 1 is 1.43 bits per heavy atom. The van der Waals surface area contributed by atoms with E-state index in [1.54, 1.807) is 17.5 Å². The Morgan fingerprint density at radius 3 is 2.93 bits per heavy atom. The Labute approximate surface area is 91.6 Å². The highest BCUT2D eigenvalue weighted by Crippen LogP contribution is 2.23. The number of nitrogens with zero attached hydrogens (tertiary/aromatic N) is 2. The topological polar surface area (TPSA) is 25.8 Å². The molecule has 14 heavy (non-hydrogen) atoms. The predicted molar refractivity (Wildman–Crippen MR) is 59.6 cm³/mol. The van der Waals surface area contributed by atoms with Crippen molar-refractivity contribution in [1.29, 1.82) is 0 Å². The van der Waals surface area contributed by atoms with Crippen molar-refractivity contribution < 1.29 is 0 Å². The maximum atomic E-state index is 5.71. The molecule has 0 saturated carbocycles. The van der Waals surface area contributed by atoms with E-state index in [-0.39, 0.29) is 0 Å². The third kappa shape index (κ3) is 1.79. The number of hydrogen-bond donors (Lipinski definition) is 0. The lowest BCUT2D eigenvalue weighted by atomic mass is 10.2. The summed E-state index contributed by atoms with van der Waals surface area (Å²) >= 11 is 7.37. The number of alkyl halides is 1. The molecule has 0 aromatic carbocycles. The summed E-state index contributed by atoms with van der Waals surface area (Å²) < 4.78 is 0. The largest absolute Gasteiger partial charge is 0.237 e. The number of rotatable bonds is 2. The highest BCUT2D eigenvalue weighted by molar-refractivity contribution is 7.08. The van der Waals surface area contributed by atoms with Crippen LogP contribution in [0.1, 0.15) is 11.3 Å². The van der Waals surface area contributed by atoms with Gasteiger partial charge in [-0.3, -0.25) is 0 Å². The Morgan fingerprint density at radius 2 is 2.29 bits per heavy atom. The SMILES string of the molecule is Cc1cscc1-c1nccc(CCl)n1. The van der Waals surface area contributed by atoms with Gasteiger partial charge in [0.2, 0.25) is 0 Å². The molecule has 4 heteroatoms. The maximum absolute atomic E-state index is 5.71. The molecule has 0 saturated heterocycles. The van der Waals surface area contributed by atoms with E-state index in [1.165, 1.54) is 5.56 Å². The van der Waals surface area contributed by atoms with Crippen molar-refractivity contribution in [2.24, 2.45) is 0 Å². The Kier molecular flexibility index (Phi) is 2.79. The van der Waals surface area contributed by atoms with Gasteiger partial charge in [-0.15, -0.1) is 11.6 Å². The first-order valence-corrected chi connectivity index (χ1v) is 5.70. The van der Waals surface area contributed by atoms with Crippen LogP contribution in [0.15, 0.2) is 23.0 Å². The van der Waals surface area contributed by atoms with Crippen molar-refractivity contribution in [3.05, 3.63) is 34.3 Å². The van der Waals surface area contributed by atoms with Crippen LogP contribution in [-0.4, -0.2) is 9.97 Å². The summed E-state index contributed by atoms with van der Waals surface area (Å²) in [6.07, 6.45) is 1.75. The Bertz CT molecular complexity index is 439. The molecule has 0 aliphatic carbocycles. The van der Waals surface area contributed by atoms with Gasteiger partial charge < -0.3 is 0 Å². The average molecular weight is 225 g/mol.